The molecule has 1 atom stereocenters. The lowest BCUT2D eigenvalue weighted by Gasteiger charge is -2.13. The number of amides is 3. The van der Waals surface area contributed by atoms with E-state index in [1.54, 1.807) is 31.2 Å². The lowest BCUT2D eigenvalue weighted by Crippen LogP contribution is -2.43. The normalized spacial score (nSPS) is 11.4. The van der Waals surface area contributed by atoms with Crippen LogP contribution in [0.25, 0.3) is 0 Å². The molecule has 2 N–H and O–H groups in total. The third kappa shape index (κ3) is 3.61. The maximum absolute atomic E-state index is 11.4. The van der Waals surface area contributed by atoms with Crippen molar-refractivity contribution in [2.75, 3.05) is 7.05 Å². The van der Waals surface area contributed by atoms with Gasteiger partial charge in [-0.1, -0.05) is 18.2 Å². The zero-order chi connectivity index (χ0) is 12.0. The number of hydrogen-bond donors (Lipinski definition) is 2. The fraction of sp³-hybridized carbons (Fsp3) is 0.273. The molecule has 0 aliphatic carbocycles. The zero-order valence-corrected chi connectivity index (χ0v) is 9.19. The summed E-state index contributed by atoms with van der Waals surface area (Å²) in [6, 6.07) is 8.39. The summed E-state index contributed by atoms with van der Waals surface area (Å²) in [4.78, 5) is 22.3. The van der Waals surface area contributed by atoms with Crippen LogP contribution in [0, 0.1) is 0 Å². The van der Waals surface area contributed by atoms with Crippen LogP contribution in [0.3, 0.4) is 0 Å². The van der Waals surface area contributed by atoms with E-state index in [1.807, 2.05) is 6.07 Å². The molecule has 0 aliphatic heterocycles. The van der Waals surface area contributed by atoms with Gasteiger partial charge in [0.25, 0.3) is 5.91 Å². The third-order valence-corrected chi connectivity index (χ3v) is 1.89. The number of benzene rings is 1. The SMILES string of the molecule is CNC(=O)NC(=O)C(C)Oc1ccccc1. The van der Waals surface area contributed by atoms with Crippen molar-refractivity contribution in [2.45, 2.75) is 13.0 Å². The van der Waals surface area contributed by atoms with Gasteiger partial charge in [0.1, 0.15) is 5.75 Å². The van der Waals surface area contributed by atoms with Crippen LogP contribution < -0.4 is 15.4 Å². The van der Waals surface area contributed by atoms with Crippen molar-refractivity contribution in [1.29, 1.82) is 0 Å². The number of ether oxygens (including phenoxy) is 1. The third-order valence-electron chi connectivity index (χ3n) is 1.89. The maximum Gasteiger partial charge on any atom is 0.321 e. The van der Waals surface area contributed by atoms with Crippen LogP contribution in [-0.2, 0) is 4.79 Å². The Hall–Kier alpha value is -2.04. The van der Waals surface area contributed by atoms with Crippen LogP contribution in [-0.4, -0.2) is 25.1 Å². The second-order valence-electron chi connectivity index (χ2n) is 3.14. The average molecular weight is 222 g/mol. The summed E-state index contributed by atoms with van der Waals surface area (Å²) in [5.74, 6) is 0.102. The van der Waals surface area contributed by atoms with Crippen molar-refractivity contribution in [3.05, 3.63) is 30.3 Å². The van der Waals surface area contributed by atoms with E-state index in [2.05, 4.69) is 10.6 Å². The molecule has 0 spiro atoms. The number of carbonyl (C=O) groups is 2. The summed E-state index contributed by atoms with van der Waals surface area (Å²) in [5, 5.41) is 4.42. The van der Waals surface area contributed by atoms with Crippen LogP contribution >= 0.6 is 0 Å². The molecule has 0 heterocycles. The molecule has 0 aliphatic rings. The first kappa shape index (κ1) is 12.0. The Kier molecular flexibility index (Phi) is 4.32. The largest absolute Gasteiger partial charge is 0.481 e. The lowest BCUT2D eigenvalue weighted by molar-refractivity contribution is -0.126. The predicted molar refractivity (Wildman–Crippen MR) is 59.1 cm³/mol. The molecule has 16 heavy (non-hydrogen) atoms. The van der Waals surface area contributed by atoms with Gasteiger partial charge in [0, 0.05) is 7.05 Å². The van der Waals surface area contributed by atoms with Crippen LogP contribution in [0.15, 0.2) is 30.3 Å². The predicted octanol–water partition coefficient (Wildman–Crippen LogP) is 0.909. The molecule has 0 saturated heterocycles. The highest BCUT2D eigenvalue weighted by atomic mass is 16.5. The van der Waals surface area contributed by atoms with Crippen LogP contribution in [0.2, 0.25) is 0 Å². The van der Waals surface area contributed by atoms with Crippen molar-refractivity contribution in [3.8, 4) is 5.75 Å². The molecule has 86 valence electrons. The molecule has 1 aromatic rings. The highest BCUT2D eigenvalue weighted by Gasteiger charge is 2.16. The van der Waals surface area contributed by atoms with Gasteiger partial charge in [0.15, 0.2) is 6.10 Å². The summed E-state index contributed by atoms with van der Waals surface area (Å²) >= 11 is 0. The fourth-order valence-electron chi connectivity index (χ4n) is 1.03. The van der Waals surface area contributed by atoms with Crippen LogP contribution in [0.5, 0.6) is 5.75 Å². The Morgan fingerprint density at radius 2 is 1.88 bits per heavy atom. The lowest BCUT2D eigenvalue weighted by atomic mass is 10.3. The van der Waals surface area contributed by atoms with Gasteiger partial charge < -0.3 is 10.1 Å². The Balaban J connectivity index is 2.49. The molecule has 5 nitrogen and oxygen atoms in total. The average Bonchev–Trinajstić information content (AvgIpc) is 2.30. The zero-order valence-electron chi connectivity index (χ0n) is 9.19. The molecular formula is C11H14N2O3. The maximum atomic E-state index is 11.4. The molecule has 0 aromatic heterocycles. The molecule has 5 heteroatoms. The first-order valence-electron chi connectivity index (χ1n) is 4.87. The van der Waals surface area contributed by atoms with E-state index >= 15 is 0 Å². The number of imide groups is 1. The number of para-hydroxylation sites is 1. The standard InChI is InChI=1S/C11H14N2O3/c1-8(10(14)13-11(15)12-2)16-9-6-4-3-5-7-9/h3-8H,1-2H3,(H2,12,13,14,15). The first-order chi connectivity index (χ1) is 7.63. The van der Waals surface area contributed by atoms with Gasteiger partial charge >= 0.3 is 6.03 Å². The number of rotatable bonds is 3. The second-order valence-corrected chi connectivity index (χ2v) is 3.14. The van der Waals surface area contributed by atoms with Gasteiger partial charge in [-0.15, -0.1) is 0 Å². The summed E-state index contributed by atoms with van der Waals surface area (Å²) in [5.41, 5.74) is 0. The molecule has 0 radical (unpaired) electrons. The number of hydrogen-bond acceptors (Lipinski definition) is 3. The number of nitrogens with one attached hydrogen (secondary N) is 2. The second kappa shape index (κ2) is 5.75. The van der Waals surface area contributed by atoms with Crippen molar-refractivity contribution >= 4 is 11.9 Å². The van der Waals surface area contributed by atoms with Gasteiger partial charge in [0.05, 0.1) is 0 Å². The monoisotopic (exact) mass is 222 g/mol. The summed E-state index contributed by atoms with van der Waals surface area (Å²) in [6.45, 7) is 1.57. The molecule has 0 saturated carbocycles. The van der Waals surface area contributed by atoms with Gasteiger partial charge in [-0.3, -0.25) is 10.1 Å². The Morgan fingerprint density at radius 1 is 1.25 bits per heavy atom. The van der Waals surface area contributed by atoms with E-state index in [4.69, 9.17) is 4.74 Å². The van der Waals surface area contributed by atoms with Crippen LogP contribution in [0.1, 0.15) is 6.92 Å². The van der Waals surface area contributed by atoms with E-state index in [0.717, 1.165) is 0 Å². The van der Waals surface area contributed by atoms with Crippen molar-refractivity contribution in [2.24, 2.45) is 0 Å². The molecule has 0 fully saturated rings. The van der Waals surface area contributed by atoms with Crippen LogP contribution in [0.4, 0.5) is 4.79 Å². The van der Waals surface area contributed by atoms with E-state index in [-0.39, 0.29) is 0 Å². The molecule has 0 bridgehead atoms. The summed E-state index contributed by atoms with van der Waals surface area (Å²) in [6.07, 6.45) is -0.723. The van der Waals surface area contributed by atoms with E-state index in [0.29, 0.717) is 5.75 Å². The minimum absolute atomic E-state index is 0.483. The molecule has 3 amide bonds. The van der Waals surface area contributed by atoms with Gasteiger partial charge in [-0.25, -0.2) is 4.79 Å². The molecule has 1 rings (SSSR count). The molecule has 1 unspecified atom stereocenters. The number of carbonyl (C=O) groups excluding carboxylic acids is 2. The van der Waals surface area contributed by atoms with Crippen molar-refractivity contribution in [1.82, 2.24) is 10.6 Å². The summed E-state index contributed by atoms with van der Waals surface area (Å²) in [7, 11) is 1.44. The first-order valence-corrected chi connectivity index (χ1v) is 4.87. The van der Waals surface area contributed by atoms with Gasteiger partial charge in [-0.2, -0.15) is 0 Å². The minimum atomic E-state index is -0.723. The topological polar surface area (TPSA) is 67.4 Å². The Labute approximate surface area is 93.8 Å². The fourth-order valence-corrected chi connectivity index (χ4v) is 1.03. The van der Waals surface area contributed by atoms with E-state index < -0.39 is 18.0 Å². The Bertz CT molecular complexity index is 365. The van der Waals surface area contributed by atoms with E-state index in [1.165, 1.54) is 7.05 Å². The number of urea groups is 1. The molecule has 1 aromatic carbocycles. The van der Waals surface area contributed by atoms with Gasteiger partial charge in [-0.05, 0) is 19.1 Å². The van der Waals surface area contributed by atoms with Gasteiger partial charge in [0.2, 0.25) is 0 Å². The molecular weight excluding hydrogens is 208 g/mol. The minimum Gasteiger partial charge on any atom is -0.481 e. The smallest absolute Gasteiger partial charge is 0.321 e. The highest BCUT2D eigenvalue weighted by molar-refractivity contribution is 5.96. The van der Waals surface area contributed by atoms with E-state index in [9.17, 15) is 9.59 Å². The van der Waals surface area contributed by atoms with Crippen molar-refractivity contribution in [3.63, 3.8) is 0 Å². The highest BCUT2D eigenvalue weighted by Crippen LogP contribution is 2.10. The Morgan fingerprint density at radius 3 is 2.44 bits per heavy atom. The van der Waals surface area contributed by atoms with Crippen molar-refractivity contribution < 1.29 is 14.3 Å². The summed E-state index contributed by atoms with van der Waals surface area (Å²) < 4.78 is 5.33. The quantitative estimate of drug-likeness (QED) is 0.798.